The lowest BCUT2D eigenvalue weighted by molar-refractivity contribution is 0.0337. The van der Waals surface area contributed by atoms with Crippen molar-refractivity contribution in [3.63, 3.8) is 0 Å². The Labute approximate surface area is 108 Å². The smallest absolute Gasteiger partial charge is 0.120 e. The Morgan fingerprint density at radius 1 is 1.29 bits per heavy atom. The zero-order chi connectivity index (χ0) is 12.8. The van der Waals surface area contributed by atoms with E-state index in [-0.39, 0.29) is 6.10 Å². The van der Waals surface area contributed by atoms with Crippen LogP contribution in [-0.2, 0) is 4.74 Å². The molecular formula is C13H20ClNO2. The second kappa shape index (κ2) is 6.84. The topological polar surface area (TPSA) is 44.5 Å². The zero-order valence-corrected chi connectivity index (χ0v) is 11.4. The number of ether oxygens (including phenoxy) is 2. The molecule has 0 bridgehead atoms. The van der Waals surface area contributed by atoms with E-state index in [9.17, 15) is 0 Å². The van der Waals surface area contributed by atoms with Crippen LogP contribution in [-0.4, -0.2) is 25.9 Å². The van der Waals surface area contributed by atoms with Gasteiger partial charge in [0.15, 0.2) is 0 Å². The first-order chi connectivity index (χ1) is 8.08. The lowest BCUT2D eigenvalue weighted by Crippen LogP contribution is -2.30. The van der Waals surface area contributed by atoms with Crippen LogP contribution in [0.15, 0.2) is 12.1 Å². The highest BCUT2D eigenvalue weighted by Gasteiger charge is 2.08. The van der Waals surface area contributed by atoms with Crippen LogP contribution in [0.25, 0.3) is 0 Å². The van der Waals surface area contributed by atoms with Gasteiger partial charge in [0.2, 0.25) is 0 Å². The fourth-order valence-electron chi connectivity index (χ4n) is 1.60. The molecule has 0 aliphatic carbocycles. The van der Waals surface area contributed by atoms with E-state index < -0.39 is 0 Å². The Kier molecular flexibility index (Phi) is 5.75. The third-order valence-electron chi connectivity index (χ3n) is 2.51. The Bertz CT molecular complexity index is 345. The summed E-state index contributed by atoms with van der Waals surface area (Å²) in [5.41, 5.74) is 7.61. The maximum absolute atomic E-state index is 6.09. The molecule has 0 amide bonds. The highest BCUT2D eigenvalue weighted by atomic mass is 35.5. The average Bonchev–Trinajstić information content (AvgIpc) is 2.31. The molecule has 0 heterocycles. The molecule has 0 aliphatic heterocycles. The molecule has 1 unspecified atom stereocenters. The van der Waals surface area contributed by atoms with Crippen LogP contribution < -0.4 is 10.5 Å². The summed E-state index contributed by atoms with van der Waals surface area (Å²) in [4.78, 5) is 0. The fraction of sp³-hybridized carbons (Fsp3) is 0.538. The lowest BCUT2D eigenvalue weighted by Gasteiger charge is -2.16. The quantitative estimate of drug-likeness (QED) is 0.852. The van der Waals surface area contributed by atoms with E-state index in [1.165, 1.54) is 0 Å². The number of aryl methyl sites for hydroxylation is 2. The Balaban J connectivity index is 2.63. The third-order valence-corrected chi connectivity index (χ3v) is 3.11. The van der Waals surface area contributed by atoms with Gasteiger partial charge in [-0.1, -0.05) is 11.6 Å². The molecule has 0 saturated carbocycles. The minimum Gasteiger partial charge on any atom is -0.491 e. The van der Waals surface area contributed by atoms with Crippen molar-refractivity contribution in [1.29, 1.82) is 0 Å². The van der Waals surface area contributed by atoms with Crippen molar-refractivity contribution in [3.05, 3.63) is 28.3 Å². The summed E-state index contributed by atoms with van der Waals surface area (Å²) in [6.45, 7) is 7.43. The van der Waals surface area contributed by atoms with Gasteiger partial charge in [-0.15, -0.1) is 0 Å². The van der Waals surface area contributed by atoms with E-state index >= 15 is 0 Å². The minimum absolute atomic E-state index is 0.0590. The summed E-state index contributed by atoms with van der Waals surface area (Å²) < 4.78 is 11.1. The molecule has 0 radical (unpaired) electrons. The average molecular weight is 258 g/mol. The first kappa shape index (κ1) is 14.3. The van der Waals surface area contributed by atoms with E-state index in [1.54, 1.807) is 0 Å². The van der Waals surface area contributed by atoms with Crippen molar-refractivity contribution in [1.82, 2.24) is 0 Å². The van der Waals surface area contributed by atoms with Gasteiger partial charge < -0.3 is 15.2 Å². The Morgan fingerprint density at radius 2 is 1.88 bits per heavy atom. The molecule has 1 aromatic rings. The van der Waals surface area contributed by atoms with E-state index in [0.29, 0.717) is 19.8 Å². The van der Waals surface area contributed by atoms with Gasteiger partial charge in [0.25, 0.3) is 0 Å². The summed E-state index contributed by atoms with van der Waals surface area (Å²) in [5.74, 6) is 0.808. The van der Waals surface area contributed by atoms with Gasteiger partial charge in [-0.3, -0.25) is 0 Å². The van der Waals surface area contributed by atoms with Gasteiger partial charge in [-0.2, -0.15) is 0 Å². The minimum atomic E-state index is -0.0590. The van der Waals surface area contributed by atoms with E-state index in [1.807, 2.05) is 32.9 Å². The Hall–Kier alpha value is -0.770. The largest absolute Gasteiger partial charge is 0.491 e. The van der Waals surface area contributed by atoms with Crippen molar-refractivity contribution < 1.29 is 9.47 Å². The summed E-state index contributed by atoms with van der Waals surface area (Å²) >= 11 is 6.09. The molecule has 1 aromatic carbocycles. The second-order valence-electron chi connectivity index (χ2n) is 4.00. The first-order valence-electron chi connectivity index (χ1n) is 5.79. The highest BCUT2D eigenvalue weighted by molar-refractivity contribution is 6.32. The van der Waals surface area contributed by atoms with Gasteiger partial charge in [0.05, 0.1) is 0 Å². The normalized spacial score (nSPS) is 12.5. The van der Waals surface area contributed by atoms with E-state index in [4.69, 9.17) is 26.8 Å². The van der Waals surface area contributed by atoms with Gasteiger partial charge in [0.1, 0.15) is 18.5 Å². The van der Waals surface area contributed by atoms with Gasteiger partial charge in [0, 0.05) is 18.2 Å². The molecule has 4 heteroatoms. The van der Waals surface area contributed by atoms with Gasteiger partial charge in [-0.25, -0.2) is 0 Å². The van der Waals surface area contributed by atoms with Crippen molar-refractivity contribution in [3.8, 4) is 5.75 Å². The summed E-state index contributed by atoms with van der Waals surface area (Å²) in [5, 5.41) is 0.789. The standard InChI is InChI=1S/C13H20ClNO2/c1-4-16-12(7-15)8-17-11-5-9(2)13(14)10(3)6-11/h5-6,12H,4,7-8,15H2,1-3H3. The van der Waals surface area contributed by atoms with Crippen molar-refractivity contribution >= 4 is 11.6 Å². The van der Waals surface area contributed by atoms with E-state index in [0.717, 1.165) is 21.9 Å². The molecule has 0 fully saturated rings. The monoisotopic (exact) mass is 257 g/mol. The lowest BCUT2D eigenvalue weighted by atomic mass is 10.1. The number of benzene rings is 1. The number of hydrogen-bond donors (Lipinski definition) is 1. The maximum Gasteiger partial charge on any atom is 0.120 e. The first-order valence-corrected chi connectivity index (χ1v) is 6.17. The molecular weight excluding hydrogens is 238 g/mol. The molecule has 96 valence electrons. The SMILES string of the molecule is CCOC(CN)COc1cc(C)c(Cl)c(C)c1. The number of nitrogens with two attached hydrogens (primary N) is 1. The predicted molar refractivity (Wildman–Crippen MR) is 70.9 cm³/mol. The van der Waals surface area contributed by atoms with Crippen LogP contribution in [0.2, 0.25) is 5.02 Å². The van der Waals surface area contributed by atoms with Crippen LogP contribution in [0.1, 0.15) is 18.1 Å². The molecule has 17 heavy (non-hydrogen) atoms. The highest BCUT2D eigenvalue weighted by Crippen LogP contribution is 2.25. The van der Waals surface area contributed by atoms with Crippen molar-refractivity contribution in [2.24, 2.45) is 5.73 Å². The molecule has 2 N–H and O–H groups in total. The summed E-state index contributed by atoms with van der Waals surface area (Å²) in [6, 6.07) is 3.85. The van der Waals surface area contributed by atoms with Crippen LogP contribution in [0.4, 0.5) is 0 Å². The van der Waals surface area contributed by atoms with Crippen LogP contribution in [0, 0.1) is 13.8 Å². The van der Waals surface area contributed by atoms with Crippen LogP contribution in [0.3, 0.4) is 0 Å². The van der Waals surface area contributed by atoms with Crippen LogP contribution in [0.5, 0.6) is 5.75 Å². The van der Waals surface area contributed by atoms with Crippen LogP contribution >= 0.6 is 11.6 Å². The third kappa shape index (κ3) is 4.19. The van der Waals surface area contributed by atoms with Crippen molar-refractivity contribution in [2.45, 2.75) is 26.9 Å². The number of rotatable bonds is 6. The van der Waals surface area contributed by atoms with Gasteiger partial charge >= 0.3 is 0 Å². The Morgan fingerprint density at radius 3 is 2.35 bits per heavy atom. The van der Waals surface area contributed by atoms with E-state index in [2.05, 4.69) is 0 Å². The van der Waals surface area contributed by atoms with Gasteiger partial charge in [-0.05, 0) is 44.0 Å². The molecule has 0 spiro atoms. The summed E-state index contributed by atoms with van der Waals surface area (Å²) in [7, 11) is 0. The maximum atomic E-state index is 6.09. The zero-order valence-electron chi connectivity index (χ0n) is 10.6. The van der Waals surface area contributed by atoms with Crippen molar-refractivity contribution in [2.75, 3.05) is 19.8 Å². The fourth-order valence-corrected chi connectivity index (χ4v) is 1.71. The number of halogens is 1. The summed E-state index contributed by atoms with van der Waals surface area (Å²) in [6.07, 6.45) is -0.0590. The number of hydrogen-bond acceptors (Lipinski definition) is 3. The molecule has 1 rings (SSSR count). The molecule has 3 nitrogen and oxygen atoms in total. The second-order valence-corrected chi connectivity index (χ2v) is 4.37. The molecule has 0 saturated heterocycles. The predicted octanol–water partition coefficient (Wildman–Crippen LogP) is 2.70. The molecule has 0 aliphatic rings. The molecule has 1 atom stereocenters. The molecule has 0 aromatic heterocycles.